The van der Waals surface area contributed by atoms with Crippen molar-refractivity contribution in [2.45, 2.75) is 13.2 Å². The van der Waals surface area contributed by atoms with E-state index in [1.54, 1.807) is 66.7 Å². The summed E-state index contributed by atoms with van der Waals surface area (Å²) < 4.78 is 17.1. The van der Waals surface area contributed by atoms with E-state index >= 15 is 0 Å². The Bertz CT molecular complexity index is 1620. The van der Waals surface area contributed by atoms with Crippen LogP contribution in [-0.2, 0) is 18.0 Å². The Morgan fingerprint density at radius 1 is 0.829 bits per heavy atom. The molecular weight excluding hydrogens is 606 g/mol. The van der Waals surface area contributed by atoms with Gasteiger partial charge in [-0.25, -0.2) is 0 Å². The number of amides is 1. The Kier molecular flexibility index (Phi) is 10.4. The monoisotopic (exact) mass is 626 g/mol. The van der Waals surface area contributed by atoms with Crippen LogP contribution in [-0.4, -0.2) is 13.0 Å². The molecule has 0 aliphatic heterocycles. The minimum absolute atomic E-state index is 0.129. The second-order valence-corrected chi connectivity index (χ2v) is 10.3. The van der Waals surface area contributed by atoms with Gasteiger partial charge in [-0.05, 0) is 83.4 Å². The van der Waals surface area contributed by atoms with E-state index < -0.39 is 5.91 Å². The number of anilines is 1. The third-order valence-corrected chi connectivity index (χ3v) is 7.00. The van der Waals surface area contributed by atoms with E-state index in [0.717, 1.165) is 11.1 Å². The van der Waals surface area contributed by atoms with E-state index in [-0.39, 0.29) is 17.2 Å². The van der Waals surface area contributed by atoms with Crippen LogP contribution in [0.5, 0.6) is 17.2 Å². The van der Waals surface area contributed by atoms with Gasteiger partial charge < -0.3 is 19.5 Å². The average Bonchev–Trinajstić information content (AvgIpc) is 2.97. The number of carbonyl (C=O) groups is 1. The number of benzene rings is 4. The first-order chi connectivity index (χ1) is 19.7. The molecule has 208 valence electrons. The summed E-state index contributed by atoms with van der Waals surface area (Å²) in [4.78, 5) is 12.8. The van der Waals surface area contributed by atoms with Crippen molar-refractivity contribution < 1.29 is 19.0 Å². The number of ether oxygens (including phenoxy) is 3. The lowest BCUT2D eigenvalue weighted by molar-refractivity contribution is -0.112. The molecule has 0 aliphatic rings. The van der Waals surface area contributed by atoms with Gasteiger partial charge in [-0.2, -0.15) is 5.26 Å². The maximum absolute atomic E-state index is 12.8. The molecular formula is C31H22Cl4N2O4. The molecule has 10 heteroatoms. The normalized spacial score (nSPS) is 11.0. The highest BCUT2D eigenvalue weighted by molar-refractivity contribution is 6.42. The zero-order chi connectivity index (χ0) is 29.4. The maximum Gasteiger partial charge on any atom is 0.266 e. The van der Waals surface area contributed by atoms with Crippen LogP contribution in [0.15, 0.2) is 84.4 Å². The predicted molar refractivity (Wildman–Crippen MR) is 163 cm³/mol. The number of methoxy groups -OCH3 is 1. The first kappa shape index (κ1) is 30.1. The molecule has 0 atom stereocenters. The van der Waals surface area contributed by atoms with Crippen LogP contribution in [0, 0.1) is 11.3 Å². The number of hydrogen-bond donors (Lipinski definition) is 1. The fraction of sp³-hybridized carbons (Fsp3) is 0.0968. The summed E-state index contributed by atoms with van der Waals surface area (Å²) >= 11 is 24.4. The van der Waals surface area contributed by atoms with Crippen LogP contribution >= 0.6 is 46.4 Å². The van der Waals surface area contributed by atoms with Crippen molar-refractivity contribution in [1.82, 2.24) is 0 Å². The highest BCUT2D eigenvalue weighted by Crippen LogP contribution is 2.38. The van der Waals surface area contributed by atoms with Gasteiger partial charge in [0.2, 0.25) is 0 Å². The fourth-order valence-electron chi connectivity index (χ4n) is 3.64. The third kappa shape index (κ3) is 8.32. The number of nitrogens with zero attached hydrogens (tertiary/aromatic N) is 1. The van der Waals surface area contributed by atoms with Gasteiger partial charge in [0.25, 0.3) is 5.91 Å². The second-order valence-electron chi connectivity index (χ2n) is 8.63. The Hall–Kier alpha value is -3.86. The van der Waals surface area contributed by atoms with Crippen LogP contribution in [0.25, 0.3) is 6.08 Å². The van der Waals surface area contributed by atoms with Crippen LogP contribution in [0.1, 0.15) is 16.7 Å². The zero-order valence-electron chi connectivity index (χ0n) is 21.6. The summed E-state index contributed by atoms with van der Waals surface area (Å²) in [5.41, 5.74) is 2.60. The molecule has 4 rings (SSSR count). The van der Waals surface area contributed by atoms with Crippen molar-refractivity contribution >= 4 is 64.1 Å². The van der Waals surface area contributed by atoms with E-state index in [1.165, 1.54) is 13.2 Å². The molecule has 1 N–H and O–H groups in total. The van der Waals surface area contributed by atoms with Crippen LogP contribution in [0.2, 0.25) is 20.1 Å². The third-order valence-electron chi connectivity index (χ3n) is 5.73. The molecule has 0 heterocycles. The van der Waals surface area contributed by atoms with E-state index in [1.807, 2.05) is 18.2 Å². The Balaban J connectivity index is 1.41. The summed E-state index contributed by atoms with van der Waals surface area (Å²) in [6, 6.07) is 24.5. The van der Waals surface area contributed by atoms with Gasteiger partial charge in [-0.15, -0.1) is 0 Å². The van der Waals surface area contributed by atoms with Gasteiger partial charge >= 0.3 is 0 Å². The zero-order valence-corrected chi connectivity index (χ0v) is 24.6. The number of hydrogen-bond acceptors (Lipinski definition) is 5. The van der Waals surface area contributed by atoms with Gasteiger partial charge in [-0.3, -0.25) is 4.79 Å². The molecule has 1 amide bonds. The molecule has 6 nitrogen and oxygen atoms in total. The quantitative estimate of drug-likeness (QED) is 0.140. The summed E-state index contributed by atoms with van der Waals surface area (Å²) in [6.07, 6.45) is 1.41. The van der Waals surface area contributed by atoms with Gasteiger partial charge in [0.1, 0.15) is 30.6 Å². The predicted octanol–water partition coefficient (Wildman–Crippen LogP) is 9.01. The lowest BCUT2D eigenvalue weighted by Gasteiger charge is -2.14. The standard InChI is InChI=1S/C31H22Cl4N2O4/c1-39-29-15-21(14-28(35)30(29)41-18-20-4-11-26(33)27(34)13-20)12-22(16-36)31(38)37-24-7-9-25(10-8-24)40-17-19-2-5-23(32)6-3-19/h2-15H,17-18H2,1H3,(H,37,38)/b22-12+. The van der Waals surface area contributed by atoms with Crippen LogP contribution in [0.3, 0.4) is 0 Å². The van der Waals surface area contributed by atoms with Crippen molar-refractivity contribution in [3.05, 3.63) is 121 Å². The van der Waals surface area contributed by atoms with Gasteiger partial charge in [0, 0.05) is 10.7 Å². The molecule has 0 bridgehead atoms. The molecule has 0 aliphatic carbocycles. The molecule has 0 unspecified atom stereocenters. The van der Waals surface area contributed by atoms with E-state index in [9.17, 15) is 10.1 Å². The number of carbonyl (C=O) groups excluding carboxylic acids is 1. The maximum atomic E-state index is 12.8. The highest BCUT2D eigenvalue weighted by atomic mass is 35.5. The average molecular weight is 628 g/mol. The number of nitrogens with one attached hydrogen (secondary N) is 1. The van der Waals surface area contributed by atoms with Crippen molar-refractivity contribution in [1.29, 1.82) is 5.26 Å². The van der Waals surface area contributed by atoms with Crippen molar-refractivity contribution in [3.8, 4) is 23.3 Å². The first-order valence-corrected chi connectivity index (χ1v) is 13.6. The number of nitriles is 1. The molecule has 41 heavy (non-hydrogen) atoms. The summed E-state index contributed by atoms with van der Waals surface area (Å²) in [5, 5.41) is 14.1. The molecule has 4 aromatic carbocycles. The minimum Gasteiger partial charge on any atom is -0.493 e. The summed E-state index contributed by atoms with van der Waals surface area (Å²) in [6.45, 7) is 0.536. The van der Waals surface area contributed by atoms with Crippen molar-refractivity contribution in [3.63, 3.8) is 0 Å². The molecule has 0 radical (unpaired) electrons. The Morgan fingerprint density at radius 3 is 2.17 bits per heavy atom. The SMILES string of the molecule is COc1cc(/C=C(\C#N)C(=O)Nc2ccc(OCc3ccc(Cl)cc3)cc2)cc(Cl)c1OCc1ccc(Cl)c(Cl)c1. The largest absolute Gasteiger partial charge is 0.493 e. The summed E-state index contributed by atoms with van der Waals surface area (Å²) in [7, 11) is 1.46. The number of halogens is 4. The first-order valence-electron chi connectivity index (χ1n) is 12.1. The molecule has 0 fully saturated rings. The minimum atomic E-state index is -0.586. The van der Waals surface area contributed by atoms with E-state index in [4.69, 9.17) is 60.6 Å². The smallest absolute Gasteiger partial charge is 0.266 e. The molecule has 0 saturated heterocycles. The van der Waals surface area contributed by atoms with Gasteiger partial charge in [0.15, 0.2) is 11.5 Å². The second kappa shape index (κ2) is 14.2. The molecule has 0 saturated carbocycles. The fourth-order valence-corrected chi connectivity index (χ4v) is 4.36. The molecule has 4 aromatic rings. The van der Waals surface area contributed by atoms with Crippen molar-refractivity contribution in [2.24, 2.45) is 0 Å². The topological polar surface area (TPSA) is 80.6 Å². The van der Waals surface area contributed by atoms with Gasteiger partial charge in [0.05, 0.1) is 22.2 Å². The van der Waals surface area contributed by atoms with Crippen molar-refractivity contribution in [2.75, 3.05) is 12.4 Å². The lowest BCUT2D eigenvalue weighted by atomic mass is 10.1. The Morgan fingerprint density at radius 2 is 1.51 bits per heavy atom. The van der Waals surface area contributed by atoms with E-state index in [2.05, 4.69) is 5.32 Å². The molecule has 0 aromatic heterocycles. The van der Waals surface area contributed by atoms with E-state index in [0.29, 0.717) is 50.2 Å². The summed E-state index contributed by atoms with van der Waals surface area (Å²) in [5.74, 6) is 0.670. The van der Waals surface area contributed by atoms with Gasteiger partial charge in [-0.1, -0.05) is 64.6 Å². The van der Waals surface area contributed by atoms with Crippen LogP contribution < -0.4 is 19.5 Å². The number of rotatable bonds is 10. The van der Waals surface area contributed by atoms with Crippen LogP contribution in [0.4, 0.5) is 5.69 Å². The lowest BCUT2D eigenvalue weighted by Crippen LogP contribution is -2.13. The Labute approximate surface area is 257 Å². The highest BCUT2D eigenvalue weighted by Gasteiger charge is 2.15. The molecule has 0 spiro atoms.